The molecule has 1 N–H and O–H groups in total. The minimum Gasteiger partial charge on any atom is -0.370 e. The average Bonchev–Trinajstić information content (AvgIpc) is 3.89. The second-order valence-corrected chi connectivity index (χ2v) is 13.5. The molecule has 3 unspecified atom stereocenters. The number of carbonyl (C=O) groups excluding carboxylic acids is 1. The summed E-state index contributed by atoms with van der Waals surface area (Å²) in [5, 5.41) is 16.8. The third-order valence-corrected chi connectivity index (χ3v) is 10.0. The Bertz CT molecular complexity index is 1420. The number of benzene rings is 1. The normalized spacial score (nSPS) is 24.6. The molecule has 4 aliphatic rings. The summed E-state index contributed by atoms with van der Waals surface area (Å²) >= 11 is 5.87. The molecule has 3 saturated carbocycles. The minimum absolute atomic E-state index is 0.138. The maximum atomic E-state index is 11.9. The number of halogens is 1. The molecule has 0 bridgehead atoms. The highest BCUT2D eigenvalue weighted by atomic mass is 35.5. The first-order chi connectivity index (χ1) is 19.4. The van der Waals surface area contributed by atoms with Gasteiger partial charge < -0.3 is 10.2 Å². The zero-order valence-electron chi connectivity index (χ0n) is 22.3. The van der Waals surface area contributed by atoms with Crippen molar-refractivity contribution in [3.05, 3.63) is 60.0 Å². The highest BCUT2D eigenvalue weighted by Gasteiger charge is 2.48. The SMILES string of the molecule is N#CC1(NC(=O)C2CCC3CC3C2)CC1.O=S1CCN(c2ccc(-c3cnn(-c4ccc(Cl)cn4)c3)cc2)CC1. The predicted octanol–water partition coefficient (Wildman–Crippen LogP) is 4.75. The lowest BCUT2D eigenvalue weighted by atomic mass is 9.88. The van der Waals surface area contributed by atoms with Crippen LogP contribution < -0.4 is 10.2 Å². The van der Waals surface area contributed by atoms with Crippen LogP contribution in [-0.4, -0.2) is 55.0 Å². The van der Waals surface area contributed by atoms with Gasteiger partial charge in [-0.3, -0.25) is 9.00 Å². The molecule has 208 valence electrons. The Kier molecular flexibility index (Phi) is 7.65. The Labute approximate surface area is 242 Å². The lowest BCUT2D eigenvalue weighted by Crippen LogP contribution is -2.40. The number of fused-ring (bicyclic) bond motifs is 1. The lowest BCUT2D eigenvalue weighted by Gasteiger charge is -2.28. The molecule has 1 aromatic carbocycles. The molecule has 4 fully saturated rings. The van der Waals surface area contributed by atoms with Crippen LogP contribution in [0.4, 0.5) is 5.69 Å². The molecular formula is C30H33ClN6O2S. The first kappa shape index (κ1) is 27.0. The lowest BCUT2D eigenvalue weighted by molar-refractivity contribution is -0.126. The van der Waals surface area contributed by atoms with Crippen molar-refractivity contribution in [3.8, 4) is 23.0 Å². The highest BCUT2D eigenvalue weighted by Crippen LogP contribution is 2.51. The Hall–Kier alpha value is -3.22. The first-order valence-electron chi connectivity index (χ1n) is 14.0. The summed E-state index contributed by atoms with van der Waals surface area (Å²) in [4.78, 5) is 18.5. The van der Waals surface area contributed by atoms with Gasteiger partial charge in [0.1, 0.15) is 5.54 Å². The van der Waals surface area contributed by atoms with Gasteiger partial charge in [-0.1, -0.05) is 23.7 Å². The topological polar surface area (TPSA) is 104 Å². The Morgan fingerprint density at radius 3 is 2.45 bits per heavy atom. The van der Waals surface area contributed by atoms with E-state index in [0.717, 1.165) is 79.1 Å². The zero-order chi connectivity index (χ0) is 27.7. The number of hydrogen-bond acceptors (Lipinski definition) is 6. The third kappa shape index (κ3) is 6.24. The van der Waals surface area contributed by atoms with E-state index in [4.69, 9.17) is 16.9 Å². The summed E-state index contributed by atoms with van der Waals surface area (Å²) < 4.78 is 13.2. The Balaban J connectivity index is 0.000000164. The van der Waals surface area contributed by atoms with Crippen LogP contribution in [0.25, 0.3) is 16.9 Å². The van der Waals surface area contributed by atoms with Crippen molar-refractivity contribution < 1.29 is 9.00 Å². The molecule has 0 radical (unpaired) electrons. The van der Waals surface area contributed by atoms with Crippen molar-refractivity contribution in [2.24, 2.45) is 17.8 Å². The van der Waals surface area contributed by atoms with Crippen molar-refractivity contribution in [1.29, 1.82) is 5.26 Å². The van der Waals surface area contributed by atoms with Crippen molar-refractivity contribution in [2.75, 3.05) is 29.5 Å². The van der Waals surface area contributed by atoms with E-state index in [1.54, 1.807) is 16.9 Å². The predicted molar refractivity (Wildman–Crippen MR) is 157 cm³/mol. The maximum Gasteiger partial charge on any atom is 0.224 e. The van der Waals surface area contributed by atoms with Gasteiger partial charge in [-0.15, -0.1) is 0 Å². The Morgan fingerprint density at radius 2 is 1.80 bits per heavy atom. The molecule has 10 heteroatoms. The fourth-order valence-electron chi connectivity index (χ4n) is 5.68. The van der Waals surface area contributed by atoms with Crippen LogP contribution in [0.5, 0.6) is 0 Å². The van der Waals surface area contributed by atoms with E-state index in [9.17, 15) is 9.00 Å². The van der Waals surface area contributed by atoms with Crippen LogP contribution in [0, 0.1) is 29.1 Å². The Morgan fingerprint density at radius 1 is 1.02 bits per heavy atom. The van der Waals surface area contributed by atoms with Gasteiger partial charge in [0.05, 0.1) is 17.3 Å². The monoisotopic (exact) mass is 576 g/mol. The van der Waals surface area contributed by atoms with Gasteiger partial charge in [0.2, 0.25) is 5.91 Å². The van der Waals surface area contributed by atoms with E-state index in [-0.39, 0.29) is 11.8 Å². The molecule has 2 aromatic heterocycles. The molecule has 0 spiro atoms. The second kappa shape index (κ2) is 11.3. The fourth-order valence-corrected chi connectivity index (χ4v) is 6.84. The van der Waals surface area contributed by atoms with Crippen molar-refractivity contribution >= 4 is 34.0 Å². The largest absolute Gasteiger partial charge is 0.370 e. The van der Waals surface area contributed by atoms with E-state index in [2.05, 4.69) is 50.6 Å². The van der Waals surface area contributed by atoms with Crippen LogP contribution in [0.2, 0.25) is 5.02 Å². The molecule has 1 aliphatic heterocycles. The molecule has 3 aromatic rings. The summed E-state index contributed by atoms with van der Waals surface area (Å²) in [7, 11) is -0.653. The molecule has 40 heavy (non-hydrogen) atoms. The third-order valence-electron chi connectivity index (χ3n) is 8.51. The average molecular weight is 577 g/mol. The van der Waals surface area contributed by atoms with Gasteiger partial charge in [-0.25, -0.2) is 9.67 Å². The van der Waals surface area contributed by atoms with E-state index in [1.807, 2.05) is 18.5 Å². The van der Waals surface area contributed by atoms with Gasteiger partial charge in [-0.2, -0.15) is 10.4 Å². The molecule has 7 rings (SSSR count). The molecule has 1 amide bonds. The number of nitriles is 1. The molecule has 8 nitrogen and oxygen atoms in total. The smallest absolute Gasteiger partial charge is 0.224 e. The molecule has 3 aliphatic carbocycles. The summed E-state index contributed by atoms with van der Waals surface area (Å²) in [6.07, 6.45) is 11.7. The van der Waals surface area contributed by atoms with E-state index in [1.165, 1.54) is 18.5 Å². The summed E-state index contributed by atoms with van der Waals surface area (Å²) in [5.74, 6) is 4.32. The number of carbonyl (C=O) groups is 1. The van der Waals surface area contributed by atoms with Crippen LogP contribution >= 0.6 is 11.6 Å². The number of nitrogens with one attached hydrogen (secondary N) is 1. The minimum atomic E-state index is -0.653. The van der Waals surface area contributed by atoms with Crippen LogP contribution in [-0.2, 0) is 15.6 Å². The number of anilines is 1. The number of aromatic nitrogens is 3. The van der Waals surface area contributed by atoms with Crippen LogP contribution in [0.15, 0.2) is 55.0 Å². The van der Waals surface area contributed by atoms with Gasteiger partial charge in [0.25, 0.3) is 0 Å². The number of pyridine rings is 1. The number of rotatable bonds is 5. The quantitative estimate of drug-likeness (QED) is 0.470. The van der Waals surface area contributed by atoms with Gasteiger partial charge in [0.15, 0.2) is 5.82 Å². The maximum absolute atomic E-state index is 11.9. The van der Waals surface area contributed by atoms with Gasteiger partial charge >= 0.3 is 0 Å². The molecule has 3 heterocycles. The van der Waals surface area contributed by atoms with E-state index in [0.29, 0.717) is 5.02 Å². The summed E-state index contributed by atoms with van der Waals surface area (Å²) in [6, 6.07) is 14.3. The highest BCUT2D eigenvalue weighted by molar-refractivity contribution is 7.85. The first-order valence-corrected chi connectivity index (χ1v) is 15.9. The van der Waals surface area contributed by atoms with Gasteiger partial charge in [0, 0.05) is 65.0 Å². The van der Waals surface area contributed by atoms with Gasteiger partial charge in [-0.05, 0) is 80.2 Å². The van der Waals surface area contributed by atoms with Crippen LogP contribution in [0.1, 0.15) is 38.5 Å². The van der Waals surface area contributed by atoms with Crippen molar-refractivity contribution in [1.82, 2.24) is 20.1 Å². The number of amides is 1. The van der Waals surface area contributed by atoms with Crippen LogP contribution in [0.3, 0.4) is 0 Å². The zero-order valence-corrected chi connectivity index (χ0v) is 23.9. The summed E-state index contributed by atoms with van der Waals surface area (Å²) in [5.41, 5.74) is 2.83. The number of hydrogen-bond donors (Lipinski definition) is 1. The van der Waals surface area contributed by atoms with Crippen molar-refractivity contribution in [2.45, 2.75) is 44.1 Å². The second-order valence-electron chi connectivity index (χ2n) is 11.3. The molecule has 3 atom stereocenters. The fraction of sp³-hybridized carbons (Fsp3) is 0.467. The van der Waals surface area contributed by atoms with Crippen molar-refractivity contribution in [3.63, 3.8) is 0 Å². The molecular weight excluding hydrogens is 544 g/mol. The summed E-state index contributed by atoms with van der Waals surface area (Å²) in [6.45, 7) is 1.71. The molecule has 1 saturated heterocycles. The van der Waals surface area contributed by atoms with E-state index < -0.39 is 16.3 Å². The standard InChI is InChI=1S/C18H17ClN4OS.C12H16N2O/c19-16-3-6-18(20-12-16)23-13-15(11-21-23)14-1-4-17(5-2-14)22-7-9-25(24)10-8-22;13-7-12(3-4-12)14-11(15)9-2-1-8-5-10(8)6-9/h1-6,11-13H,7-10H2;8-10H,1-6H2,(H,14,15). The number of nitrogens with zero attached hydrogens (tertiary/aromatic N) is 5. The van der Waals surface area contributed by atoms with E-state index >= 15 is 0 Å².